The Bertz CT molecular complexity index is 1050. The van der Waals surface area contributed by atoms with Crippen LogP contribution in [0.4, 0.5) is 5.69 Å². The van der Waals surface area contributed by atoms with E-state index in [1.165, 1.54) is 0 Å². The minimum atomic E-state index is -0.936. The maximum Gasteiger partial charge on any atom is 0.335 e. The fraction of sp³-hybridized carbons (Fsp3) is 0.240. The molecule has 3 aromatic carbocycles. The van der Waals surface area contributed by atoms with Crippen LogP contribution in [0.25, 0.3) is 0 Å². The van der Waals surface area contributed by atoms with Crippen molar-refractivity contribution in [3.05, 3.63) is 95.1 Å². The number of hydrogen-bond acceptors (Lipinski definition) is 6. The van der Waals surface area contributed by atoms with Gasteiger partial charge in [0, 0.05) is 28.3 Å². The van der Waals surface area contributed by atoms with Gasteiger partial charge in [-0.2, -0.15) is 0 Å². The van der Waals surface area contributed by atoms with Crippen molar-refractivity contribution in [2.24, 2.45) is 0 Å². The SMILES string of the molecule is Nc1cccc(C2O[C@H](CSc3ccc(C(=O)O)cc3)C[C@H](c3ccc(CO)cc3)O2)c1. The monoisotopic (exact) mass is 451 g/mol. The number of aliphatic hydroxyl groups excluding tert-OH is 1. The number of anilines is 1. The van der Waals surface area contributed by atoms with Gasteiger partial charge in [-0.05, 0) is 47.5 Å². The quantitative estimate of drug-likeness (QED) is 0.350. The first kappa shape index (κ1) is 22.4. The molecule has 0 aliphatic carbocycles. The zero-order chi connectivity index (χ0) is 22.5. The first-order valence-electron chi connectivity index (χ1n) is 10.3. The summed E-state index contributed by atoms with van der Waals surface area (Å²) in [6.45, 7) is 0.000759. The lowest BCUT2D eigenvalue weighted by Gasteiger charge is -2.36. The zero-order valence-electron chi connectivity index (χ0n) is 17.4. The van der Waals surface area contributed by atoms with Gasteiger partial charge in [-0.15, -0.1) is 11.8 Å². The summed E-state index contributed by atoms with van der Waals surface area (Å²) in [5.41, 5.74) is 9.62. The number of aliphatic hydroxyl groups is 1. The van der Waals surface area contributed by atoms with E-state index in [9.17, 15) is 9.90 Å². The van der Waals surface area contributed by atoms with Crippen molar-refractivity contribution in [1.82, 2.24) is 0 Å². The highest BCUT2D eigenvalue weighted by atomic mass is 32.2. The number of nitrogen functional groups attached to an aromatic ring is 1. The molecule has 0 bridgehead atoms. The molecule has 4 rings (SSSR count). The highest BCUT2D eigenvalue weighted by Crippen LogP contribution is 2.39. The number of ether oxygens (including phenoxy) is 2. The van der Waals surface area contributed by atoms with Crippen LogP contribution in [0.2, 0.25) is 0 Å². The molecule has 0 radical (unpaired) electrons. The minimum absolute atomic E-state index is 0.000759. The highest BCUT2D eigenvalue weighted by Gasteiger charge is 2.32. The van der Waals surface area contributed by atoms with E-state index in [0.29, 0.717) is 17.9 Å². The molecule has 0 amide bonds. The maximum atomic E-state index is 11.1. The highest BCUT2D eigenvalue weighted by molar-refractivity contribution is 7.99. The molecule has 0 aromatic heterocycles. The molecule has 3 atom stereocenters. The average molecular weight is 452 g/mol. The number of carboxylic acid groups (broad SMARTS) is 1. The fourth-order valence-electron chi connectivity index (χ4n) is 3.61. The molecule has 1 aliphatic heterocycles. The topological polar surface area (TPSA) is 102 Å². The number of carbonyl (C=O) groups is 1. The third-order valence-electron chi connectivity index (χ3n) is 5.33. The number of thioether (sulfide) groups is 1. The Hall–Kier alpha value is -2.84. The third-order valence-corrected chi connectivity index (χ3v) is 6.48. The summed E-state index contributed by atoms with van der Waals surface area (Å²) in [7, 11) is 0. The average Bonchev–Trinajstić information content (AvgIpc) is 2.83. The fourth-order valence-corrected chi connectivity index (χ4v) is 4.53. The second-order valence-corrected chi connectivity index (χ2v) is 8.75. The molecule has 1 fully saturated rings. The summed E-state index contributed by atoms with van der Waals surface area (Å²) >= 11 is 1.62. The lowest BCUT2D eigenvalue weighted by Crippen LogP contribution is -2.31. The van der Waals surface area contributed by atoms with Gasteiger partial charge in [0.15, 0.2) is 6.29 Å². The van der Waals surface area contributed by atoms with E-state index in [2.05, 4.69) is 0 Å². The predicted molar refractivity (Wildman–Crippen MR) is 123 cm³/mol. The standard InChI is InChI=1S/C25H25NO5S/c26-20-3-1-2-19(12-20)25-30-21(15-32-22-10-8-18(9-11-22)24(28)29)13-23(31-25)17-6-4-16(14-27)5-7-17/h1-12,21,23,25,27H,13-15,26H2,(H,28,29)/t21-,23+,25?/m0/s1. The van der Waals surface area contributed by atoms with Crippen molar-refractivity contribution < 1.29 is 24.5 Å². The summed E-state index contributed by atoms with van der Waals surface area (Å²) in [5, 5.41) is 18.4. The molecule has 3 aromatic rings. The molecule has 0 spiro atoms. The van der Waals surface area contributed by atoms with E-state index < -0.39 is 12.3 Å². The van der Waals surface area contributed by atoms with Crippen molar-refractivity contribution in [3.8, 4) is 0 Å². The van der Waals surface area contributed by atoms with Crippen molar-refractivity contribution in [3.63, 3.8) is 0 Å². The zero-order valence-corrected chi connectivity index (χ0v) is 18.2. The minimum Gasteiger partial charge on any atom is -0.478 e. The van der Waals surface area contributed by atoms with Crippen LogP contribution in [0.1, 0.15) is 45.9 Å². The summed E-state index contributed by atoms with van der Waals surface area (Å²) in [4.78, 5) is 12.0. The summed E-state index contributed by atoms with van der Waals surface area (Å²) in [5.74, 6) is -0.242. The van der Waals surface area contributed by atoms with Gasteiger partial charge in [0.05, 0.1) is 24.4 Å². The van der Waals surface area contributed by atoms with Gasteiger partial charge in [-0.25, -0.2) is 4.79 Å². The lowest BCUT2D eigenvalue weighted by molar-refractivity contribution is -0.245. The molecule has 0 saturated carbocycles. The first-order valence-corrected chi connectivity index (χ1v) is 11.3. The van der Waals surface area contributed by atoms with Gasteiger partial charge in [-0.3, -0.25) is 0 Å². The Morgan fingerprint density at radius 2 is 1.75 bits per heavy atom. The Morgan fingerprint density at radius 3 is 2.41 bits per heavy atom. The molecule has 1 aliphatic rings. The van der Waals surface area contributed by atoms with Crippen LogP contribution in [0, 0.1) is 0 Å². The normalized spacial score (nSPS) is 20.7. The molecule has 7 heteroatoms. The van der Waals surface area contributed by atoms with Crippen molar-refractivity contribution in [1.29, 1.82) is 0 Å². The number of nitrogens with two attached hydrogens (primary N) is 1. The molecule has 4 N–H and O–H groups in total. The Kier molecular flexibility index (Phi) is 7.12. The molecule has 1 heterocycles. The second-order valence-electron chi connectivity index (χ2n) is 7.66. The van der Waals surface area contributed by atoms with Crippen LogP contribution in [0.5, 0.6) is 0 Å². The van der Waals surface area contributed by atoms with Crippen LogP contribution < -0.4 is 5.73 Å². The third kappa shape index (κ3) is 5.49. The number of rotatable bonds is 7. The smallest absolute Gasteiger partial charge is 0.335 e. The van der Waals surface area contributed by atoms with Crippen LogP contribution in [-0.4, -0.2) is 28.0 Å². The van der Waals surface area contributed by atoms with Gasteiger partial charge >= 0.3 is 5.97 Å². The second kappa shape index (κ2) is 10.2. The Labute approximate surface area is 191 Å². The van der Waals surface area contributed by atoms with Crippen LogP contribution in [0.3, 0.4) is 0 Å². The van der Waals surface area contributed by atoms with E-state index in [1.54, 1.807) is 23.9 Å². The Balaban J connectivity index is 1.51. The first-order chi connectivity index (χ1) is 15.5. The molecule has 32 heavy (non-hydrogen) atoms. The maximum absolute atomic E-state index is 11.1. The van der Waals surface area contributed by atoms with E-state index in [-0.39, 0.29) is 24.4 Å². The van der Waals surface area contributed by atoms with Gasteiger partial charge in [0.2, 0.25) is 0 Å². The molecular formula is C25H25NO5S. The number of aromatic carboxylic acids is 1. The van der Waals surface area contributed by atoms with Crippen LogP contribution in [0.15, 0.2) is 77.7 Å². The van der Waals surface area contributed by atoms with Crippen molar-refractivity contribution in [2.45, 2.75) is 36.4 Å². The van der Waals surface area contributed by atoms with Crippen molar-refractivity contribution in [2.75, 3.05) is 11.5 Å². The van der Waals surface area contributed by atoms with E-state index in [1.807, 2.05) is 60.7 Å². The predicted octanol–water partition coefficient (Wildman–Crippen LogP) is 4.80. The van der Waals surface area contributed by atoms with Crippen molar-refractivity contribution >= 4 is 23.4 Å². The molecular weight excluding hydrogens is 426 g/mol. The van der Waals surface area contributed by atoms with E-state index in [0.717, 1.165) is 21.6 Å². The van der Waals surface area contributed by atoms with E-state index >= 15 is 0 Å². The molecule has 166 valence electrons. The van der Waals surface area contributed by atoms with E-state index in [4.69, 9.17) is 20.3 Å². The summed E-state index contributed by atoms with van der Waals surface area (Å²) < 4.78 is 12.6. The number of benzene rings is 3. The number of carboxylic acids is 1. The molecule has 1 saturated heterocycles. The molecule has 6 nitrogen and oxygen atoms in total. The number of hydrogen-bond donors (Lipinski definition) is 3. The van der Waals surface area contributed by atoms with Crippen LogP contribution in [-0.2, 0) is 16.1 Å². The Morgan fingerprint density at radius 1 is 1.00 bits per heavy atom. The summed E-state index contributed by atoms with van der Waals surface area (Å²) in [6.07, 6.45) is -0.114. The van der Waals surface area contributed by atoms with Gasteiger partial charge in [0.25, 0.3) is 0 Å². The summed E-state index contributed by atoms with van der Waals surface area (Å²) in [6, 6.07) is 22.1. The van der Waals surface area contributed by atoms with Crippen LogP contribution >= 0.6 is 11.8 Å². The van der Waals surface area contributed by atoms with Gasteiger partial charge in [0.1, 0.15) is 0 Å². The van der Waals surface area contributed by atoms with Gasteiger partial charge < -0.3 is 25.4 Å². The lowest BCUT2D eigenvalue weighted by atomic mass is 10.0. The largest absolute Gasteiger partial charge is 0.478 e. The van der Waals surface area contributed by atoms with Gasteiger partial charge in [-0.1, -0.05) is 36.4 Å². The molecule has 1 unspecified atom stereocenters.